The van der Waals surface area contributed by atoms with Gasteiger partial charge in [-0.25, -0.2) is 0 Å². The van der Waals surface area contributed by atoms with E-state index in [0.29, 0.717) is 19.4 Å². The Bertz CT molecular complexity index is 448. The second-order valence-electron chi connectivity index (χ2n) is 5.05. The van der Waals surface area contributed by atoms with Crippen LogP contribution in [0.15, 0.2) is 30.3 Å². The van der Waals surface area contributed by atoms with Crippen LogP contribution in [0.4, 0.5) is 5.69 Å². The van der Waals surface area contributed by atoms with Crippen LogP contribution in [0.5, 0.6) is 0 Å². The predicted molar refractivity (Wildman–Crippen MR) is 82.6 cm³/mol. The quantitative estimate of drug-likeness (QED) is 0.720. The molecule has 0 aliphatic heterocycles. The Morgan fingerprint density at radius 1 is 1.29 bits per heavy atom. The van der Waals surface area contributed by atoms with Crippen LogP contribution in [-0.4, -0.2) is 25.0 Å². The van der Waals surface area contributed by atoms with Crippen molar-refractivity contribution in [2.75, 3.05) is 18.5 Å². The largest absolute Gasteiger partial charge is 0.464 e. The molecular weight excluding hydrogens is 268 g/mol. The number of benzene rings is 1. The third kappa shape index (κ3) is 5.95. The molecule has 5 nitrogen and oxygen atoms in total. The van der Waals surface area contributed by atoms with Gasteiger partial charge in [-0.15, -0.1) is 0 Å². The lowest BCUT2D eigenvalue weighted by molar-refractivity contribution is -0.149. The maximum atomic E-state index is 12.1. The molecule has 5 heteroatoms. The van der Waals surface area contributed by atoms with E-state index in [9.17, 15) is 9.59 Å². The molecule has 1 aromatic rings. The minimum absolute atomic E-state index is 0.0914. The number of anilines is 1. The van der Waals surface area contributed by atoms with Gasteiger partial charge < -0.3 is 15.8 Å². The lowest BCUT2D eigenvalue weighted by Crippen LogP contribution is -2.27. The Hall–Kier alpha value is -1.88. The Morgan fingerprint density at radius 3 is 2.52 bits per heavy atom. The molecule has 0 aliphatic rings. The molecule has 21 heavy (non-hydrogen) atoms. The fourth-order valence-corrected chi connectivity index (χ4v) is 2.03. The van der Waals surface area contributed by atoms with Crippen molar-refractivity contribution in [3.05, 3.63) is 30.3 Å². The molecule has 1 amide bonds. The maximum Gasteiger partial charge on any atom is 0.308 e. The van der Waals surface area contributed by atoms with Crippen LogP contribution in [0, 0.1) is 11.8 Å². The minimum atomic E-state index is -0.276. The van der Waals surface area contributed by atoms with E-state index < -0.39 is 0 Å². The number of nitrogens with two attached hydrogens (primary N) is 1. The SMILES string of the molecule is CCC(CC(C)C(=O)Nc1ccccc1)C(=O)OCCN. The zero-order chi connectivity index (χ0) is 15.7. The maximum absolute atomic E-state index is 12.1. The molecule has 2 unspecified atom stereocenters. The summed E-state index contributed by atoms with van der Waals surface area (Å²) in [5.41, 5.74) is 6.07. The predicted octanol–water partition coefficient (Wildman–Crippen LogP) is 2.18. The Labute approximate surface area is 125 Å². The molecule has 2 atom stereocenters. The Kier molecular flexibility index (Phi) is 7.46. The van der Waals surface area contributed by atoms with Gasteiger partial charge in [0.05, 0.1) is 5.92 Å². The number of amides is 1. The summed E-state index contributed by atoms with van der Waals surface area (Å²) in [7, 11) is 0. The molecule has 1 rings (SSSR count). The number of hydrogen-bond acceptors (Lipinski definition) is 4. The van der Waals surface area contributed by atoms with Gasteiger partial charge in [0, 0.05) is 18.2 Å². The van der Waals surface area contributed by atoms with Crippen LogP contribution >= 0.6 is 0 Å². The summed E-state index contributed by atoms with van der Waals surface area (Å²) in [6.07, 6.45) is 1.12. The molecule has 0 fully saturated rings. The molecule has 0 radical (unpaired) electrons. The number of carbonyl (C=O) groups is 2. The van der Waals surface area contributed by atoms with Gasteiger partial charge in [-0.3, -0.25) is 9.59 Å². The summed E-state index contributed by atoms with van der Waals surface area (Å²) in [6.45, 7) is 4.26. The smallest absolute Gasteiger partial charge is 0.308 e. The zero-order valence-electron chi connectivity index (χ0n) is 12.7. The number of nitrogens with one attached hydrogen (secondary N) is 1. The average molecular weight is 292 g/mol. The van der Waals surface area contributed by atoms with E-state index >= 15 is 0 Å². The molecule has 0 saturated carbocycles. The van der Waals surface area contributed by atoms with Crippen LogP contribution < -0.4 is 11.1 Å². The summed E-state index contributed by atoms with van der Waals surface area (Å²) in [6, 6.07) is 9.27. The standard InChI is InChI=1S/C16H24N2O3/c1-3-13(16(20)21-10-9-17)11-12(2)15(19)18-14-7-5-4-6-8-14/h4-8,12-13H,3,9-11,17H2,1-2H3,(H,18,19). The first kappa shape index (κ1) is 17.2. The highest BCUT2D eigenvalue weighted by molar-refractivity contribution is 5.92. The topological polar surface area (TPSA) is 81.4 Å². The molecule has 1 aromatic carbocycles. The van der Waals surface area contributed by atoms with E-state index in [4.69, 9.17) is 10.5 Å². The summed E-state index contributed by atoms with van der Waals surface area (Å²) in [5, 5.41) is 2.84. The van der Waals surface area contributed by atoms with E-state index in [1.54, 1.807) is 0 Å². The van der Waals surface area contributed by atoms with E-state index in [1.807, 2.05) is 44.2 Å². The Morgan fingerprint density at radius 2 is 1.95 bits per heavy atom. The summed E-state index contributed by atoms with van der Waals surface area (Å²) in [4.78, 5) is 24.0. The van der Waals surface area contributed by atoms with E-state index in [2.05, 4.69) is 5.32 Å². The van der Waals surface area contributed by atoms with Crippen molar-refractivity contribution in [2.45, 2.75) is 26.7 Å². The first-order chi connectivity index (χ1) is 10.1. The van der Waals surface area contributed by atoms with Crippen LogP contribution in [0.25, 0.3) is 0 Å². The summed E-state index contributed by atoms with van der Waals surface area (Å²) >= 11 is 0. The van der Waals surface area contributed by atoms with Gasteiger partial charge in [0.15, 0.2) is 0 Å². The van der Waals surface area contributed by atoms with Crippen LogP contribution in [0.3, 0.4) is 0 Å². The van der Waals surface area contributed by atoms with Crippen LogP contribution in [0.2, 0.25) is 0 Å². The van der Waals surface area contributed by atoms with E-state index in [-0.39, 0.29) is 30.3 Å². The summed E-state index contributed by atoms with van der Waals surface area (Å²) in [5.74, 6) is -0.901. The number of esters is 1. The van der Waals surface area contributed by atoms with Crippen LogP contribution in [-0.2, 0) is 14.3 Å². The molecule has 0 spiro atoms. The average Bonchev–Trinajstić information content (AvgIpc) is 2.50. The molecule has 116 valence electrons. The van der Waals surface area contributed by atoms with Gasteiger partial charge in [0.1, 0.15) is 6.61 Å². The van der Waals surface area contributed by atoms with Crippen molar-refractivity contribution in [3.63, 3.8) is 0 Å². The number of para-hydroxylation sites is 1. The molecule has 0 aliphatic carbocycles. The molecule has 0 saturated heterocycles. The lowest BCUT2D eigenvalue weighted by atomic mass is 9.93. The molecule has 0 heterocycles. The number of rotatable bonds is 8. The van der Waals surface area contributed by atoms with Gasteiger partial charge in [-0.1, -0.05) is 32.0 Å². The second-order valence-corrected chi connectivity index (χ2v) is 5.05. The van der Waals surface area contributed by atoms with Crippen molar-refractivity contribution in [2.24, 2.45) is 17.6 Å². The summed E-state index contributed by atoms with van der Waals surface area (Å²) < 4.78 is 5.05. The Balaban J connectivity index is 2.51. The first-order valence-corrected chi connectivity index (χ1v) is 7.31. The van der Waals surface area contributed by atoms with Crippen molar-refractivity contribution in [3.8, 4) is 0 Å². The van der Waals surface area contributed by atoms with E-state index in [1.165, 1.54) is 0 Å². The van der Waals surface area contributed by atoms with Crippen molar-refractivity contribution < 1.29 is 14.3 Å². The number of carbonyl (C=O) groups excluding carboxylic acids is 2. The third-order valence-electron chi connectivity index (χ3n) is 3.32. The van der Waals surface area contributed by atoms with E-state index in [0.717, 1.165) is 5.69 Å². The minimum Gasteiger partial charge on any atom is -0.464 e. The van der Waals surface area contributed by atoms with Crippen molar-refractivity contribution >= 4 is 17.6 Å². The van der Waals surface area contributed by atoms with Crippen LogP contribution in [0.1, 0.15) is 26.7 Å². The molecular formula is C16H24N2O3. The lowest BCUT2D eigenvalue weighted by Gasteiger charge is -2.18. The van der Waals surface area contributed by atoms with Gasteiger partial charge in [0.25, 0.3) is 0 Å². The monoisotopic (exact) mass is 292 g/mol. The van der Waals surface area contributed by atoms with Gasteiger partial charge >= 0.3 is 5.97 Å². The van der Waals surface area contributed by atoms with Gasteiger partial charge in [-0.2, -0.15) is 0 Å². The highest BCUT2D eigenvalue weighted by atomic mass is 16.5. The third-order valence-corrected chi connectivity index (χ3v) is 3.32. The van der Waals surface area contributed by atoms with Crippen molar-refractivity contribution in [1.29, 1.82) is 0 Å². The number of hydrogen-bond donors (Lipinski definition) is 2. The second kappa shape index (κ2) is 9.13. The first-order valence-electron chi connectivity index (χ1n) is 7.31. The normalized spacial score (nSPS) is 13.3. The highest BCUT2D eigenvalue weighted by Crippen LogP contribution is 2.19. The fourth-order valence-electron chi connectivity index (χ4n) is 2.03. The highest BCUT2D eigenvalue weighted by Gasteiger charge is 2.24. The fraction of sp³-hybridized carbons (Fsp3) is 0.500. The van der Waals surface area contributed by atoms with Crippen molar-refractivity contribution in [1.82, 2.24) is 0 Å². The molecule has 0 bridgehead atoms. The molecule has 0 aromatic heterocycles. The zero-order valence-corrected chi connectivity index (χ0v) is 12.7. The molecule has 3 N–H and O–H groups in total. The number of ether oxygens (including phenoxy) is 1. The van der Waals surface area contributed by atoms with Gasteiger partial charge in [0.2, 0.25) is 5.91 Å². The van der Waals surface area contributed by atoms with Gasteiger partial charge in [-0.05, 0) is 25.0 Å².